The van der Waals surface area contributed by atoms with Crippen LogP contribution in [0.2, 0.25) is 0 Å². The summed E-state index contributed by atoms with van der Waals surface area (Å²) in [5, 5.41) is 6.02. The van der Waals surface area contributed by atoms with Crippen LogP contribution >= 0.6 is 0 Å². The molecule has 2 unspecified atom stereocenters. The summed E-state index contributed by atoms with van der Waals surface area (Å²) in [4.78, 5) is 23.1. The van der Waals surface area contributed by atoms with Gasteiger partial charge in [-0.05, 0) is 32.1 Å². The Morgan fingerprint density at radius 2 is 2.06 bits per heavy atom. The number of amides is 1. The lowest BCUT2D eigenvalue weighted by molar-refractivity contribution is -0.143. The summed E-state index contributed by atoms with van der Waals surface area (Å²) < 4.78 is 4.75. The van der Waals surface area contributed by atoms with Crippen LogP contribution in [-0.2, 0) is 14.3 Å². The van der Waals surface area contributed by atoms with Gasteiger partial charge in [0.25, 0.3) is 0 Å². The number of nitrogens with one attached hydrogen (secondary N) is 2. The standard InChI is InChI=1S/C13H24N2O3/c1-4-9(2)15-11(16)7-8-14-12(10-5-6-10)13(17)18-3/h9-10,12,14H,4-8H2,1-3H3,(H,15,16). The van der Waals surface area contributed by atoms with Crippen molar-refractivity contribution in [2.24, 2.45) is 5.92 Å². The molecule has 0 spiro atoms. The quantitative estimate of drug-likeness (QED) is 0.631. The fourth-order valence-corrected chi connectivity index (χ4v) is 1.79. The normalized spacial score (nSPS) is 17.9. The van der Waals surface area contributed by atoms with Crippen molar-refractivity contribution in [3.05, 3.63) is 0 Å². The SMILES string of the molecule is CCC(C)NC(=O)CCNC(C(=O)OC)C1CC1. The maximum absolute atomic E-state index is 11.6. The Labute approximate surface area is 109 Å². The molecule has 5 nitrogen and oxygen atoms in total. The highest BCUT2D eigenvalue weighted by Gasteiger charge is 2.36. The molecule has 0 aromatic rings. The monoisotopic (exact) mass is 256 g/mol. The molecule has 0 aliphatic heterocycles. The van der Waals surface area contributed by atoms with Crippen molar-refractivity contribution in [2.75, 3.05) is 13.7 Å². The van der Waals surface area contributed by atoms with Crippen LogP contribution in [0.5, 0.6) is 0 Å². The van der Waals surface area contributed by atoms with E-state index in [0.29, 0.717) is 18.9 Å². The van der Waals surface area contributed by atoms with E-state index in [-0.39, 0.29) is 24.0 Å². The maximum atomic E-state index is 11.6. The first-order valence-corrected chi connectivity index (χ1v) is 6.69. The van der Waals surface area contributed by atoms with E-state index in [1.54, 1.807) is 0 Å². The van der Waals surface area contributed by atoms with Gasteiger partial charge in [0, 0.05) is 19.0 Å². The van der Waals surface area contributed by atoms with Gasteiger partial charge in [-0.2, -0.15) is 0 Å². The van der Waals surface area contributed by atoms with Crippen LogP contribution in [0.1, 0.15) is 39.5 Å². The summed E-state index contributed by atoms with van der Waals surface area (Å²) in [5.41, 5.74) is 0. The summed E-state index contributed by atoms with van der Waals surface area (Å²) in [6.45, 7) is 4.52. The predicted octanol–water partition coefficient (Wildman–Crippen LogP) is 0.832. The van der Waals surface area contributed by atoms with Gasteiger partial charge in [0.2, 0.25) is 5.91 Å². The topological polar surface area (TPSA) is 67.4 Å². The Balaban J connectivity index is 2.22. The van der Waals surface area contributed by atoms with Crippen molar-refractivity contribution in [1.82, 2.24) is 10.6 Å². The molecular weight excluding hydrogens is 232 g/mol. The highest BCUT2D eigenvalue weighted by atomic mass is 16.5. The van der Waals surface area contributed by atoms with E-state index in [1.165, 1.54) is 7.11 Å². The molecule has 2 atom stereocenters. The lowest BCUT2D eigenvalue weighted by Crippen LogP contribution is -2.42. The van der Waals surface area contributed by atoms with E-state index in [0.717, 1.165) is 19.3 Å². The smallest absolute Gasteiger partial charge is 0.323 e. The highest BCUT2D eigenvalue weighted by molar-refractivity contribution is 5.77. The van der Waals surface area contributed by atoms with E-state index in [4.69, 9.17) is 4.74 Å². The van der Waals surface area contributed by atoms with Crippen LogP contribution in [0, 0.1) is 5.92 Å². The van der Waals surface area contributed by atoms with Crippen molar-refractivity contribution >= 4 is 11.9 Å². The summed E-state index contributed by atoms with van der Waals surface area (Å²) in [6, 6.07) is -0.0382. The fourth-order valence-electron chi connectivity index (χ4n) is 1.79. The lowest BCUT2D eigenvalue weighted by atomic mass is 10.2. The molecule has 0 radical (unpaired) electrons. The number of hydrogen-bond donors (Lipinski definition) is 2. The number of rotatable bonds is 8. The largest absolute Gasteiger partial charge is 0.468 e. The predicted molar refractivity (Wildman–Crippen MR) is 69.0 cm³/mol. The van der Waals surface area contributed by atoms with Crippen LogP contribution in [-0.4, -0.2) is 37.6 Å². The molecule has 0 aromatic heterocycles. The van der Waals surface area contributed by atoms with E-state index in [1.807, 2.05) is 13.8 Å². The molecule has 1 saturated carbocycles. The van der Waals surface area contributed by atoms with Gasteiger partial charge >= 0.3 is 5.97 Å². The minimum Gasteiger partial charge on any atom is -0.468 e. The number of methoxy groups -OCH3 is 1. The summed E-state index contributed by atoms with van der Waals surface area (Å²) in [5.74, 6) is 0.186. The minimum absolute atomic E-state index is 0.0243. The van der Waals surface area contributed by atoms with Gasteiger partial charge in [-0.1, -0.05) is 6.92 Å². The van der Waals surface area contributed by atoms with Gasteiger partial charge in [-0.25, -0.2) is 0 Å². The maximum Gasteiger partial charge on any atom is 0.323 e. The van der Waals surface area contributed by atoms with Crippen molar-refractivity contribution < 1.29 is 14.3 Å². The average molecular weight is 256 g/mol. The Bertz CT molecular complexity index is 290. The van der Waals surface area contributed by atoms with E-state index >= 15 is 0 Å². The number of carbonyl (C=O) groups is 2. The van der Waals surface area contributed by atoms with E-state index < -0.39 is 0 Å². The molecule has 1 fully saturated rings. The summed E-state index contributed by atoms with van der Waals surface area (Å²) >= 11 is 0. The van der Waals surface area contributed by atoms with Crippen molar-refractivity contribution in [3.63, 3.8) is 0 Å². The average Bonchev–Trinajstić information content (AvgIpc) is 3.17. The van der Waals surface area contributed by atoms with Crippen molar-refractivity contribution in [2.45, 2.75) is 51.6 Å². The first-order valence-electron chi connectivity index (χ1n) is 6.69. The van der Waals surface area contributed by atoms with E-state index in [9.17, 15) is 9.59 Å². The zero-order chi connectivity index (χ0) is 13.5. The molecule has 0 heterocycles. The summed E-state index contributed by atoms with van der Waals surface area (Å²) in [6.07, 6.45) is 3.44. The molecule has 5 heteroatoms. The van der Waals surface area contributed by atoms with Crippen LogP contribution in [0.25, 0.3) is 0 Å². The molecule has 104 valence electrons. The van der Waals surface area contributed by atoms with Gasteiger partial charge in [-0.15, -0.1) is 0 Å². The fraction of sp³-hybridized carbons (Fsp3) is 0.846. The molecule has 0 bridgehead atoms. The zero-order valence-electron chi connectivity index (χ0n) is 11.5. The molecule has 2 N–H and O–H groups in total. The summed E-state index contributed by atoms with van der Waals surface area (Å²) in [7, 11) is 1.40. The Kier molecular flexibility index (Phi) is 6.12. The van der Waals surface area contributed by atoms with Gasteiger partial charge in [-0.3, -0.25) is 9.59 Å². The molecular formula is C13H24N2O3. The number of carbonyl (C=O) groups excluding carboxylic acids is 2. The second-order valence-corrected chi connectivity index (χ2v) is 4.92. The molecule has 1 aliphatic carbocycles. The van der Waals surface area contributed by atoms with Crippen molar-refractivity contribution in [1.29, 1.82) is 0 Å². The Morgan fingerprint density at radius 1 is 1.39 bits per heavy atom. The van der Waals surface area contributed by atoms with Gasteiger partial charge in [0.05, 0.1) is 7.11 Å². The number of esters is 1. The number of ether oxygens (including phenoxy) is 1. The zero-order valence-corrected chi connectivity index (χ0v) is 11.5. The van der Waals surface area contributed by atoms with Gasteiger partial charge < -0.3 is 15.4 Å². The first-order chi connectivity index (χ1) is 8.58. The molecule has 1 rings (SSSR count). The number of hydrogen-bond acceptors (Lipinski definition) is 4. The van der Waals surface area contributed by atoms with Crippen LogP contribution in [0.15, 0.2) is 0 Å². The molecule has 0 aromatic carbocycles. The molecule has 1 aliphatic rings. The molecule has 18 heavy (non-hydrogen) atoms. The minimum atomic E-state index is -0.244. The highest BCUT2D eigenvalue weighted by Crippen LogP contribution is 2.33. The van der Waals surface area contributed by atoms with Crippen LogP contribution < -0.4 is 10.6 Å². The van der Waals surface area contributed by atoms with E-state index in [2.05, 4.69) is 10.6 Å². The third kappa shape index (κ3) is 5.04. The second-order valence-electron chi connectivity index (χ2n) is 4.92. The Morgan fingerprint density at radius 3 is 2.56 bits per heavy atom. The lowest BCUT2D eigenvalue weighted by Gasteiger charge is -2.16. The first kappa shape index (κ1) is 15.0. The Hall–Kier alpha value is -1.10. The third-order valence-electron chi connectivity index (χ3n) is 3.28. The van der Waals surface area contributed by atoms with Gasteiger partial charge in [0.15, 0.2) is 0 Å². The molecule has 1 amide bonds. The van der Waals surface area contributed by atoms with Crippen LogP contribution in [0.3, 0.4) is 0 Å². The third-order valence-corrected chi connectivity index (χ3v) is 3.28. The molecule has 0 saturated heterocycles. The van der Waals surface area contributed by atoms with Crippen molar-refractivity contribution in [3.8, 4) is 0 Å². The second kappa shape index (κ2) is 7.36. The van der Waals surface area contributed by atoms with Gasteiger partial charge in [0.1, 0.15) is 6.04 Å². The van der Waals surface area contributed by atoms with Crippen LogP contribution in [0.4, 0.5) is 0 Å².